The van der Waals surface area contributed by atoms with Crippen molar-refractivity contribution < 1.29 is 5.11 Å². The lowest BCUT2D eigenvalue weighted by atomic mass is 10.1. The Morgan fingerprint density at radius 3 is 2.29 bits per heavy atom. The van der Waals surface area contributed by atoms with Crippen LogP contribution in [-0.2, 0) is 27.6 Å². The summed E-state index contributed by atoms with van der Waals surface area (Å²) in [5.41, 5.74) is 0.232. The Morgan fingerprint density at radius 2 is 1.62 bits per heavy atom. The van der Waals surface area contributed by atoms with E-state index in [2.05, 4.69) is 4.98 Å². The quantitative estimate of drug-likeness (QED) is 0.764. The number of hydrogen-bond donors (Lipinski definition) is 1. The van der Waals surface area contributed by atoms with E-state index in [1.165, 1.54) is 11.6 Å². The van der Waals surface area contributed by atoms with Gasteiger partial charge in [-0.2, -0.15) is 0 Å². The van der Waals surface area contributed by atoms with Gasteiger partial charge in [0.05, 0.1) is 0 Å². The van der Waals surface area contributed by atoms with Crippen LogP contribution in [0.1, 0.15) is 31.5 Å². The van der Waals surface area contributed by atoms with E-state index in [4.69, 9.17) is 5.11 Å². The fraction of sp³-hybridized carbons (Fsp3) is 0.643. The molecule has 0 aliphatic heterocycles. The molecule has 0 aliphatic rings. The van der Waals surface area contributed by atoms with E-state index in [-0.39, 0.29) is 17.9 Å². The van der Waals surface area contributed by atoms with Crippen LogP contribution in [-0.4, -0.2) is 30.4 Å². The number of aliphatic hydroxyl groups is 1. The molecular weight excluding hydrogens is 272 g/mol. The first kappa shape index (κ1) is 15.5. The first-order valence-corrected chi connectivity index (χ1v) is 7.21. The summed E-state index contributed by atoms with van der Waals surface area (Å²) < 4.78 is 4.30. The Hall–Kier alpha value is -1.89. The maximum Gasteiger partial charge on any atom is 0.332 e. The zero-order valence-corrected chi connectivity index (χ0v) is 12.8. The van der Waals surface area contributed by atoms with Gasteiger partial charge in [-0.1, -0.05) is 12.8 Å². The molecule has 0 saturated carbocycles. The molecule has 2 aromatic rings. The molecule has 116 valence electrons. The first-order chi connectivity index (χ1) is 9.99. The van der Waals surface area contributed by atoms with Crippen molar-refractivity contribution in [2.45, 2.75) is 32.1 Å². The zero-order valence-electron chi connectivity index (χ0n) is 12.8. The van der Waals surface area contributed by atoms with Crippen LogP contribution in [0.4, 0.5) is 0 Å². The smallest absolute Gasteiger partial charge is 0.332 e. The predicted octanol–water partition coefficient (Wildman–Crippen LogP) is 0.0659. The average Bonchev–Trinajstić information content (AvgIpc) is 2.80. The number of aromatic nitrogens is 4. The van der Waals surface area contributed by atoms with E-state index in [0.29, 0.717) is 11.2 Å². The molecule has 0 amide bonds. The lowest BCUT2D eigenvalue weighted by Crippen LogP contribution is -2.37. The fourth-order valence-corrected chi connectivity index (χ4v) is 2.54. The van der Waals surface area contributed by atoms with Crippen LogP contribution in [0.5, 0.6) is 0 Å². The van der Waals surface area contributed by atoms with E-state index in [1.807, 2.05) is 7.05 Å². The molecule has 0 saturated heterocycles. The van der Waals surface area contributed by atoms with Crippen molar-refractivity contribution in [3.05, 3.63) is 26.7 Å². The second kappa shape index (κ2) is 6.26. The number of aryl methyl sites for hydroxylation is 3. The number of nitrogens with zero attached hydrogens (tertiary/aromatic N) is 4. The monoisotopic (exact) mass is 294 g/mol. The Balaban J connectivity index is 2.34. The van der Waals surface area contributed by atoms with Crippen molar-refractivity contribution in [2.24, 2.45) is 21.1 Å². The normalized spacial score (nSPS) is 11.4. The molecule has 0 unspecified atom stereocenters. The largest absolute Gasteiger partial charge is 0.396 e. The molecule has 1 N–H and O–H groups in total. The van der Waals surface area contributed by atoms with E-state index in [0.717, 1.165) is 42.5 Å². The second-order valence-electron chi connectivity index (χ2n) is 5.35. The average molecular weight is 294 g/mol. The minimum Gasteiger partial charge on any atom is -0.396 e. The molecule has 0 aliphatic carbocycles. The summed E-state index contributed by atoms with van der Waals surface area (Å²) in [5, 5.41) is 8.75. The predicted molar refractivity (Wildman–Crippen MR) is 80.5 cm³/mol. The lowest BCUT2D eigenvalue weighted by molar-refractivity contribution is 0.282. The van der Waals surface area contributed by atoms with Gasteiger partial charge < -0.3 is 9.67 Å². The Kier molecular flexibility index (Phi) is 4.62. The summed E-state index contributed by atoms with van der Waals surface area (Å²) in [4.78, 5) is 28.6. The highest BCUT2D eigenvalue weighted by molar-refractivity contribution is 5.70. The molecule has 7 nitrogen and oxygen atoms in total. The minimum absolute atomic E-state index is 0.227. The van der Waals surface area contributed by atoms with Gasteiger partial charge in [-0.3, -0.25) is 13.9 Å². The van der Waals surface area contributed by atoms with Crippen LogP contribution in [0.15, 0.2) is 9.59 Å². The number of rotatable bonds is 6. The maximum atomic E-state index is 12.2. The standard InChI is InChI=1S/C14H22N4O3/c1-16-10(8-6-4-5-7-9-19)15-12-11(16)13(20)18(3)14(21)17(12)2/h19H,4-9H2,1-3H3. The highest BCUT2D eigenvalue weighted by Gasteiger charge is 2.16. The Morgan fingerprint density at radius 1 is 0.952 bits per heavy atom. The third-order valence-electron chi connectivity index (χ3n) is 3.88. The third-order valence-corrected chi connectivity index (χ3v) is 3.88. The fourth-order valence-electron chi connectivity index (χ4n) is 2.54. The number of unbranched alkanes of at least 4 members (excludes halogenated alkanes) is 3. The molecule has 0 atom stereocenters. The van der Waals surface area contributed by atoms with Crippen LogP contribution in [0.25, 0.3) is 11.2 Å². The maximum absolute atomic E-state index is 12.2. The van der Waals surface area contributed by atoms with Gasteiger partial charge >= 0.3 is 5.69 Å². The van der Waals surface area contributed by atoms with Gasteiger partial charge in [-0.05, 0) is 12.8 Å². The number of fused-ring (bicyclic) bond motifs is 1. The van der Waals surface area contributed by atoms with Gasteiger partial charge in [0.2, 0.25) is 0 Å². The number of imidazole rings is 1. The van der Waals surface area contributed by atoms with Gasteiger partial charge in [0.1, 0.15) is 5.82 Å². The molecule has 0 spiro atoms. The van der Waals surface area contributed by atoms with Crippen molar-refractivity contribution in [1.29, 1.82) is 0 Å². The summed E-state index contributed by atoms with van der Waals surface area (Å²) in [6, 6.07) is 0. The van der Waals surface area contributed by atoms with Crippen LogP contribution >= 0.6 is 0 Å². The summed E-state index contributed by atoms with van der Waals surface area (Å²) in [5.74, 6) is 0.812. The molecule has 0 aromatic carbocycles. The topological polar surface area (TPSA) is 82.1 Å². The molecule has 2 aromatic heterocycles. The molecule has 0 fully saturated rings. The highest BCUT2D eigenvalue weighted by atomic mass is 16.3. The van der Waals surface area contributed by atoms with Crippen LogP contribution in [0.3, 0.4) is 0 Å². The van der Waals surface area contributed by atoms with Gasteiger partial charge in [-0.25, -0.2) is 9.78 Å². The van der Waals surface area contributed by atoms with E-state index < -0.39 is 0 Å². The molecule has 21 heavy (non-hydrogen) atoms. The van der Waals surface area contributed by atoms with Gasteiger partial charge in [-0.15, -0.1) is 0 Å². The highest BCUT2D eigenvalue weighted by Crippen LogP contribution is 2.12. The molecule has 0 bridgehead atoms. The minimum atomic E-state index is -0.361. The summed E-state index contributed by atoms with van der Waals surface area (Å²) in [7, 11) is 4.91. The second-order valence-corrected chi connectivity index (χ2v) is 5.35. The van der Waals surface area contributed by atoms with Crippen molar-refractivity contribution in [3.8, 4) is 0 Å². The third kappa shape index (κ3) is 2.78. The molecule has 7 heteroatoms. The molecule has 2 heterocycles. The zero-order chi connectivity index (χ0) is 15.6. The summed E-state index contributed by atoms with van der Waals surface area (Å²) >= 11 is 0. The Labute approximate surface area is 122 Å². The SMILES string of the molecule is Cn1c(=O)c2c(nc(CCCCCCO)n2C)n(C)c1=O. The van der Waals surface area contributed by atoms with Crippen molar-refractivity contribution >= 4 is 11.2 Å². The van der Waals surface area contributed by atoms with Gasteiger partial charge in [0.15, 0.2) is 11.2 Å². The van der Waals surface area contributed by atoms with Crippen LogP contribution < -0.4 is 11.2 Å². The van der Waals surface area contributed by atoms with Crippen LogP contribution in [0.2, 0.25) is 0 Å². The summed E-state index contributed by atoms with van der Waals surface area (Å²) in [6.07, 6.45) is 4.53. The van der Waals surface area contributed by atoms with E-state index >= 15 is 0 Å². The van der Waals surface area contributed by atoms with Crippen LogP contribution in [0, 0.1) is 0 Å². The number of hydrogen-bond acceptors (Lipinski definition) is 4. The van der Waals surface area contributed by atoms with E-state index in [9.17, 15) is 9.59 Å². The van der Waals surface area contributed by atoms with E-state index in [1.54, 1.807) is 11.6 Å². The van der Waals surface area contributed by atoms with Crippen molar-refractivity contribution in [1.82, 2.24) is 18.7 Å². The van der Waals surface area contributed by atoms with Crippen molar-refractivity contribution in [3.63, 3.8) is 0 Å². The first-order valence-electron chi connectivity index (χ1n) is 7.21. The Bertz CT molecular complexity index is 754. The van der Waals surface area contributed by atoms with Gasteiger partial charge in [0.25, 0.3) is 5.56 Å². The lowest BCUT2D eigenvalue weighted by Gasteiger charge is -2.03. The van der Waals surface area contributed by atoms with Gasteiger partial charge in [0, 0.05) is 34.2 Å². The molecule has 0 radical (unpaired) electrons. The number of aliphatic hydroxyl groups excluding tert-OH is 1. The van der Waals surface area contributed by atoms with Crippen molar-refractivity contribution in [2.75, 3.05) is 6.61 Å². The molecule has 2 rings (SSSR count). The molecular formula is C14H22N4O3. The summed E-state index contributed by atoms with van der Waals surface area (Å²) in [6.45, 7) is 0.227.